The summed E-state index contributed by atoms with van der Waals surface area (Å²) in [5.41, 5.74) is 5.21. The molecule has 0 saturated carbocycles. The van der Waals surface area contributed by atoms with Crippen LogP contribution in [0.1, 0.15) is 22.3 Å². The fourth-order valence-electron chi connectivity index (χ4n) is 3.89. The number of anilines is 1. The number of halogens is 2. The predicted molar refractivity (Wildman–Crippen MR) is 157 cm³/mol. The van der Waals surface area contributed by atoms with Crippen molar-refractivity contribution >= 4 is 56.2 Å². The Balaban J connectivity index is 1.50. The highest BCUT2D eigenvalue weighted by atomic mass is 79.9. The molecule has 1 saturated heterocycles. The van der Waals surface area contributed by atoms with Crippen molar-refractivity contribution in [2.75, 3.05) is 4.90 Å². The van der Waals surface area contributed by atoms with Gasteiger partial charge in [0.2, 0.25) is 0 Å². The number of amidine groups is 1. The predicted octanol–water partition coefficient (Wildman–Crippen LogP) is 8.59. The van der Waals surface area contributed by atoms with E-state index in [1.807, 2.05) is 92.7 Å². The Morgan fingerprint density at radius 2 is 1.66 bits per heavy atom. The lowest BCUT2D eigenvalue weighted by atomic mass is 10.1. The van der Waals surface area contributed by atoms with Crippen LogP contribution in [0.25, 0.3) is 6.08 Å². The van der Waals surface area contributed by atoms with Crippen molar-refractivity contribution in [1.82, 2.24) is 0 Å². The van der Waals surface area contributed by atoms with Crippen molar-refractivity contribution in [3.63, 3.8) is 0 Å². The Morgan fingerprint density at radius 3 is 2.37 bits per heavy atom. The number of amides is 1. The zero-order valence-electron chi connectivity index (χ0n) is 20.8. The number of hydrogen-bond donors (Lipinski definition) is 0. The van der Waals surface area contributed by atoms with E-state index in [9.17, 15) is 9.18 Å². The molecule has 7 heteroatoms. The van der Waals surface area contributed by atoms with Crippen LogP contribution in [0, 0.1) is 19.7 Å². The zero-order chi connectivity index (χ0) is 26.6. The molecule has 190 valence electrons. The lowest BCUT2D eigenvalue weighted by Gasteiger charge is -2.16. The molecule has 0 spiro atoms. The molecule has 0 radical (unpaired) electrons. The maximum atomic E-state index is 13.7. The summed E-state index contributed by atoms with van der Waals surface area (Å²) >= 11 is 4.84. The fraction of sp³-hybridized carbons (Fsp3) is 0.0968. The van der Waals surface area contributed by atoms with Crippen LogP contribution in [-0.2, 0) is 11.4 Å². The topological polar surface area (TPSA) is 41.9 Å². The van der Waals surface area contributed by atoms with Crippen molar-refractivity contribution in [2.45, 2.75) is 20.5 Å². The van der Waals surface area contributed by atoms with Gasteiger partial charge >= 0.3 is 0 Å². The number of aryl methyl sites for hydroxylation is 2. The first-order valence-corrected chi connectivity index (χ1v) is 13.6. The third-order valence-corrected chi connectivity index (χ3v) is 7.36. The summed E-state index contributed by atoms with van der Waals surface area (Å²) in [6, 6.07) is 27.6. The zero-order valence-corrected chi connectivity index (χ0v) is 23.2. The molecule has 1 aliphatic heterocycles. The molecule has 5 rings (SSSR count). The van der Waals surface area contributed by atoms with Gasteiger partial charge < -0.3 is 4.74 Å². The molecular formula is C31H24BrFN2O2S. The van der Waals surface area contributed by atoms with Gasteiger partial charge in [-0.3, -0.25) is 9.69 Å². The number of aliphatic imine (C=N–C) groups is 1. The highest BCUT2D eigenvalue weighted by Crippen LogP contribution is 2.39. The SMILES string of the molecule is Cc1ccc(N=C2S/C(=C\c3cc(Br)ccc3OCc3cccc(F)c3)C(=O)N2c2ccc(C)cc2)cc1. The van der Waals surface area contributed by atoms with Gasteiger partial charge in [-0.2, -0.15) is 0 Å². The minimum atomic E-state index is -0.311. The quantitative estimate of drug-likeness (QED) is 0.212. The second-order valence-electron chi connectivity index (χ2n) is 8.92. The third-order valence-electron chi connectivity index (χ3n) is 5.90. The van der Waals surface area contributed by atoms with Gasteiger partial charge in [0.25, 0.3) is 5.91 Å². The van der Waals surface area contributed by atoms with Crippen LogP contribution in [0.4, 0.5) is 15.8 Å². The van der Waals surface area contributed by atoms with Crippen LogP contribution < -0.4 is 9.64 Å². The Morgan fingerprint density at radius 1 is 0.947 bits per heavy atom. The third kappa shape index (κ3) is 6.06. The molecule has 1 heterocycles. The number of carbonyl (C=O) groups excluding carboxylic acids is 1. The standard InChI is InChI=1S/C31H24BrFN2O2S/c1-20-6-11-26(12-7-20)34-31-35(27-13-8-21(2)9-14-27)30(36)29(38-31)18-23-17-24(32)10-15-28(23)37-19-22-4-3-5-25(33)16-22/h3-18H,19H2,1-2H3/b29-18-,34-31?. The number of rotatable bonds is 6. The van der Waals surface area contributed by atoms with E-state index in [1.54, 1.807) is 11.0 Å². The minimum Gasteiger partial charge on any atom is -0.488 e. The van der Waals surface area contributed by atoms with Gasteiger partial charge in [0, 0.05) is 10.0 Å². The maximum absolute atomic E-state index is 13.7. The van der Waals surface area contributed by atoms with Crippen molar-refractivity contribution in [3.8, 4) is 5.75 Å². The molecule has 0 N–H and O–H groups in total. The average Bonchev–Trinajstić information content (AvgIpc) is 3.19. The highest BCUT2D eigenvalue weighted by Gasteiger charge is 2.35. The minimum absolute atomic E-state index is 0.166. The van der Waals surface area contributed by atoms with E-state index in [0.29, 0.717) is 15.8 Å². The molecule has 1 amide bonds. The summed E-state index contributed by atoms with van der Waals surface area (Å²) < 4.78 is 20.5. The summed E-state index contributed by atoms with van der Waals surface area (Å²) in [6.07, 6.45) is 1.82. The van der Waals surface area contributed by atoms with Crippen LogP contribution in [-0.4, -0.2) is 11.1 Å². The largest absolute Gasteiger partial charge is 0.488 e. The van der Waals surface area contributed by atoms with Crippen LogP contribution in [0.3, 0.4) is 0 Å². The summed E-state index contributed by atoms with van der Waals surface area (Å²) in [6.45, 7) is 4.23. The van der Waals surface area contributed by atoms with Gasteiger partial charge in [0.15, 0.2) is 5.17 Å². The Labute approximate surface area is 234 Å². The van der Waals surface area contributed by atoms with Gasteiger partial charge in [-0.1, -0.05) is 63.5 Å². The Hall–Kier alpha value is -3.68. The van der Waals surface area contributed by atoms with Gasteiger partial charge in [-0.25, -0.2) is 9.38 Å². The van der Waals surface area contributed by atoms with Crippen LogP contribution in [0.5, 0.6) is 5.75 Å². The molecule has 4 aromatic rings. The van der Waals surface area contributed by atoms with Crippen molar-refractivity contribution in [1.29, 1.82) is 0 Å². The van der Waals surface area contributed by atoms with Crippen molar-refractivity contribution < 1.29 is 13.9 Å². The van der Waals surface area contributed by atoms with Crippen LogP contribution in [0.15, 0.2) is 105 Å². The summed E-state index contributed by atoms with van der Waals surface area (Å²) in [5.74, 6) is 0.110. The first kappa shape index (κ1) is 25.9. The van der Waals surface area contributed by atoms with E-state index in [-0.39, 0.29) is 18.3 Å². The average molecular weight is 588 g/mol. The molecule has 0 aromatic heterocycles. The van der Waals surface area contributed by atoms with Crippen LogP contribution >= 0.6 is 27.7 Å². The Kier molecular flexibility index (Phi) is 7.77. The number of ether oxygens (including phenoxy) is 1. The molecule has 38 heavy (non-hydrogen) atoms. The van der Waals surface area contributed by atoms with E-state index in [4.69, 9.17) is 9.73 Å². The fourth-order valence-corrected chi connectivity index (χ4v) is 5.26. The lowest BCUT2D eigenvalue weighted by Crippen LogP contribution is -2.28. The number of hydrogen-bond acceptors (Lipinski definition) is 4. The number of nitrogens with zero attached hydrogens (tertiary/aromatic N) is 2. The summed E-state index contributed by atoms with van der Waals surface area (Å²) in [5, 5.41) is 0.575. The molecule has 4 nitrogen and oxygen atoms in total. The molecule has 4 aromatic carbocycles. The molecule has 0 atom stereocenters. The maximum Gasteiger partial charge on any atom is 0.271 e. The second kappa shape index (κ2) is 11.4. The van der Waals surface area contributed by atoms with Gasteiger partial charge in [0.05, 0.1) is 16.3 Å². The Bertz CT molecular complexity index is 1550. The summed E-state index contributed by atoms with van der Waals surface area (Å²) in [4.78, 5) is 20.7. The molecule has 1 fully saturated rings. The second-order valence-corrected chi connectivity index (χ2v) is 10.8. The van der Waals surface area contributed by atoms with Crippen molar-refractivity contribution in [2.24, 2.45) is 4.99 Å². The van der Waals surface area contributed by atoms with E-state index < -0.39 is 0 Å². The molecule has 0 unspecified atom stereocenters. The van der Waals surface area contributed by atoms with Crippen molar-refractivity contribution in [3.05, 3.63) is 128 Å². The van der Waals surface area contributed by atoms with Crippen LogP contribution in [0.2, 0.25) is 0 Å². The van der Waals surface area contributed by atoms with E-state index in [0.717, 1.165) is 38.1 Å². The highest BCUT2D eigenvalue weighted by molar-refractivity contribution is 9.10. The van der Waals surface area contributed by atoms with E-state index >= 15 is 0 Å². The first-order valence-electron chi connectivity index (χ1n) is 12.0. The molecule has 1 aliphatic rings. The number of thioether (sulfide) groups is 1. The van der Waals surface area contributed by atoms with E-state index in [1.165, 1.54) is 23.9 Å². The molecular weight excluding hydrogens is 563 g/mol. The molecule has 0 bridgehead atoms. The number of benzene rings is 4. The van der Waals surface area contributed by atoms with Gasteiger partial charge in [-0.15, -0.1) is 0 Å². The van der Waals surface area contributed by atoms with Gasteiger partial charge in [0.1, 0.15) is 18.2 Å². The summed E-state index contributed by atoms with van der Waals surface area (Å²) in [7, 11) is 0. The van der Waals surface area contributed by atoms with Gasteiger partial charge in [-0.05, 0) is 91.8 Å². The first-order chi connectivity index (χ1) is 18.4. The lowest BCUT2D eigenvalue weighted by molar-refractivity contribution is -0.113. The normalized spacial score (nSPS) is 15.5. The smallest absolute Gasteiger partial charge is 0.271 e. The number of carbonyl (C=O) groups is 1. The monoisotopic (exact) mass is 586 g/mol. The van der Waals surface area contributed by atoms with E-state index in [2.05, 4.69) is 15.9 Å². The molecule has 0 aliphatic carbocycles.